The molecule has 1 N–H and O–H groups in total. The first-order chi connectivity index (χ1) is 16.2. The van der Waals surface area contributed by atoms with Crippen molar-refractivity contribution in [1.29, 1.82) is 0 Å². The van der Waals surface area contributed by atoms with Gasteiger partial charge in [-0.3, -0.25) is 0 Å². The fourth-order valence-corrected chi connectivity index (χ4v) is 8.96. The third-order valence-corrected chi connectivity index (χ3v) is 10.8. The Balaban J connectivity index is 1.36. The second-order valence-electron chi connectivity index (χ2n) is 9.50. The van der Waals surface area contributed by atoms with Crippen LogP contribution in [0.2, 0.25) is 8.87 Å². The zero-order valence-electron chi connectivity index (χ0n) is 18.9. The number of hydrogen-bond donors (Lipinski definition) is 1. The number of allylic oxidation sites excluding steroid dienone is 4. The van der Waals surface area contributed by atoms with Crippen molar-refractivity contribution in [2.45, 2.75) is 53.8 Å². The van der Waals surface area contributed by atoms with Crippen molar-refractivity contribution in [2.24, 2.45) is 11.8 Å². The molecule has 1 aliphatic heterocycles. The van der Waals surface area contributed by atoms with Gasteiger partial charge in [-0.15, -0.1) is 0 Å². The van der Waals surface area contributed by atoms with E-state index in [0.29, 0.717) is 23.0 Å². The summed E-state index contributed by atoms with van der Waals surface area (Å²) in [7, 11) is 0. The number of fused-ring (bicyclic) bond motifs is 1. The molecule has 0 aromatic carbocycles. The summed E-state index contributed by atoms with van der Waals surface area (Å²) < 4.78 is 6.46. The van der Waals surface area contributed by atoms with E-state index in [9.17, 15) is 4.79 Å². The van der Waals surface area contributed by atoms with Crippen molar-refractivity contribution >= 4 is 44.2 Å². The van der Waals surface area contributed by atoms with Crippen LogP contribution in [0.5, 0.6) is 0 Å². The van der Waals surface area contributed by atoms with Crippen LogP contribution in [0.3, 0.4) is 0 Å². The number of rotatable bonds is 5. The number of carbonyl (C=O) groups excluding carboxylic acids is 1. The fourth-order valence-electron chi connectivity index (χ4n) is 5.09. The maximum absolute atomic E-state index is 13.3. The molecule has 168 valence electrons. The number of nitrogens with one attached hydrogen (secondary N) is 1. The van der Waals surface area contributed by atoms with Crippen molar-refractivity contribution in [3.05, 3.63) is 59.7 Å². The first-order valence-corrected chi connectivity index (χ1v) is 16.0. The molecule has 33 heavy (non-hydrogen) atoms. The predicted molar refractivity (Wildman–Crippen MR) is 129 cm³/mol. The van der Waals surface area contributed by atoms with Crippen molar-refractivity contribution in [1.82, 2.24) is 24.4 Å². The number of hydrogen-bond acceptors (Lipinski definition) is 4. The Kier molecular flexibility index (Phi) is 5.60. The number of amides is 1. The average Bonchev–Trinajstić information content (AvgIpc) is 3.48. The van der Waals surface area contributed by atoms with Crippen LogP contribution in [0.4, 0.5) is 5.82 Å². The van der Waals surface area contributed by atoms with Gasteiger partial charge < -0.3 is 0 Å². The van der Waals surface area contributed by atoms with Gasteiger partial charge >= 0.3 is 198 Å². The van der Waals surface area contributed by atoms with Crippen LogP contribution in [-0.4, -0.2) is 51.4 Å². The molecule has 0 spiro atoms. The van der Waals surface area contributed by atoms with Gasteiger partial charge in [-0.1, -0.05) is 0 Å². The molecule has 1 amide bonds. The monoisotopic (exact) mass is 548 g/mol. The van der Waals surface area contributed by atoms with Gasteiger partial charge in [0, 0.05) is 0 Å². The molecule has 6 rings (SSSR count). The predicted octanol–water partition coefficient (Wildman–Crippen LogP) is 4.81. The van der Waals surface area contributed by atoms with Crippen LogP contribution < -0.4 is 5.32 Å². The molecule has 2 aliphatic carbocycles. The zero-order chi connectivity index (χ0) is 22.4. The maximum atomic E-state index is 13.3. The van der Waals surface area contributed by atoms with Gasteiger partial charge in [-0.05, 0) is 6.07 Å². The van der Waals surface area contributed by atoms with E-state index < -0.39 is 0 Å². The van der Waals surface area contributed by atoms with Crippen LogP contribution in [0.25, 0.3) is 11.3 Å². The van der Waals surface area contributed by atoms with Crippen molar-refractivity contribution in [3.63, 3.8) is 0 Å². The fraction of sp³-hybridized carbons (Fsp3) is 0.440. The molecule has 1 unspecified atom stereocenters. The summed E-state index contributed by atoms with van der Waals surface area (Å²) in [5.74, 6) is 2.21. The molecule has 3 aliphatic rings. The second kappa shape index (κ2) is 8.74. The molecule has 2 fully saturated rings. The van der Waals surface area contributed by atoms with Gasteiger partial charge in [0.15, 0.2) is 0 Å². The molecule has 2 radical (unpaired) electrons. The summed E-state index contributed by atoms with van der Waals surface area (Å²) in [5, 5.41) is 12.5. The van der Waals surface area contributed by atoms with Crippen LogP contribution in [0.15, 0.2) is 48.4 Å². The summed E-state index contributed by atoms with van der Waals surface area (Å²) >= 11 is -0.137. The van der Waals surface area contributed by atoms with Crippen molar-refractivity contribution in [3.8, 4) is 0 Å². The minimum atomic E-state index is -0.201. The molecular formula is C25H28N6OSn. The Morgan fingerprint density at radius 1 is 1.15 bits per heavy atom. The normalized spacial score (nSPS) is 21.7. The van der Waals surface area contributed by atoms with Crippen molar-refractivity contribution in [2.75, 3.05) is 5.32 Å². The molecular weight excluding hydrogens is 519 g/mol. The summed E-state index contributed by atoms with van der Waals surface area (Å²) in [6.07, 6.45) is 15.8. The van der Waals surface area contributed by atoms with E-state index >= 15 is 0 Å². The number of aromatic nitrogens is 5. The summed E-state index contributed by atoms with van der Waals surface area (Å²) in [5.41, 5.74) is 4.87. The average molecular weight is 547 g/mol. The molecule has 8 heteroatoms. The third-order valence-electron chi connectivity index (χ3n) is 7.11. The van der Waals surface area contributed by atoms with Gasteiger partial charge in [-0.25, -0.2) is 0 Å². The molecule has 4 heterocycles. The molecule has 3 aromatic rings. The van der Waals surface area contributed by atoms with Crippen LogP contribution in [-0.2, 0) is 0 Å². The Morgan fingerprint density at radius 3 is 2.79 bits per heavy atom. The van der Waals surface area contributed by atoms with E-state index in [-0.39, 0.29) is 27.0 Å². The van der Waals surface area contributed by atoms with E-state index in [2.05, 4.69) is 40.5 Å². The second-order valence-corrected chi connectivity index (χ2v) is 13.8. The van der Waals surface area contributed by atoms with E-state index in [4.69, 9.17) is 5.10 Å². The quantitative estimate of drug-likeness (QED) is 0.466. The molecule has 1 saturated heterocycles. The number of carbonyl (C=O) groups is 1. The first-order valence-electron chi connectivity index (χ1n) is 12.0. The summed E-state index contributed by atoms with van der Waals surface area (Å²) in [6, 6.07) is 3.91. The molecule has 1 saturated carbocycles. The Bertz CT molecular complexity index is 1260. The molecule has 7 nitrogen and oxygen atoms in total. The Morgan fingerprint density at radius 2 is 2.00 bits per heavy atom. The van der Waals surface area contributed by atoms with E-state index in [1.165, 1.54) is 34.6 Å². The van der Waals surface area contributed by atoms with Crippen molar-refractivity contribution < 1.29 is 4.79 Å². The molecule has 0 bridgehead atoms. The number of anilines is 1. The zero-order valence-corrected chi connectivity index (χ0v) is 21.7. The van der Waals surface area contributed by atoms with Crippen LogP contribution in [0, 0.1) is 11.8 Å². The third kappa shape index (κ3) is 4.16. The Labute approximate surface area is 203 Å². The van der Waals surface area contributed by atoms with Crippen LogP contribution >= 0.6 is 0 Å². The van der Waals surface area contributed by atoms with Gasteiger partial charge in [0.25, 0.3) is 0 Å². The Hall–Kier alpha value is -2.42. The van der Waals surface area contributed by atoms with Gasteiger partial charge in [0.1, 0.15) is 0 Å². The first kappa shape index (κ1) is 21.1. The minimum absolute atomic E-state index is 0.137. The van der Waals surface area contributed by atoms with Gasteiger partial charge in [0.05, 0.1) is 0 Å². The molecule has 1 atom stereocenters. The van der Waals surface area contributed by atoms with E-state index in [1.54, 1.807) is 34.7 Å². The summed E-state index contributed by atoms with van der Waals surface area (Å²) in [4.78, 5) is 17.6. The van der Waals surface area contributed by atoms with Crippen LogP contribution in [0.1, 0.15) is 61.0 Å². The standard InChI is InChI=1S/C25H28N6O.Sn/c1-4-17(5-2)21-14-23(28-25(32)20-15-27-30-12-6-11-26-24(20)30)31(29-21)22-10-9-19(13-16(22)3)18-7-8-18;/h6,9-12,14-18H,1-2,4-5,7-8,13H2,3H3,(H,28,32);. The van der Waals surface area contributed by atoms with E-state index in [1.807, 2.05) is 4.68 Å². The van der Waals surface area contributed by atoms with E-state index in [0.717, 1.165) is 29.5 Å². The molecule has 3 aromatic heterocycles. The van der Waals surface area contributed by atoms with Gasteiger partial charge in [0.2, 0.25) is 0 Å². The topological polar surface area (TPSA) is 77.1 Å². The number of nitrogens with zero attached hydrogens (tertiary/aromatic N) is 5. The van der Waals surface area contributed by atoms with Gasteiger partial charge in [-0.2, -0.15) is 0 Å². The summed E-state index contributed by atoms with van der Waals surface area (Å²) in [6.45, 7) is 2.27. The SMILES string of the molecule is CC1CC(C2CC2)=CC=C1n1nc(C2C[CH2][Sn][CH2]C2)cc1NC(=O)c1cnn2cccnc12.